The van der Waals surface area contributed by atoms with E-state index in [9.17, 15) is 4.79 Å². The van der Waals surface area contributed by atoms with Gasteiger partial charge in [0.15, 0.2) is 0 Å². The lowest BCUT2D eigenvalue weighted by atomic mass is 10.2. The summed E-state index contributed by atoms with van der Waals surface area (Å²) in [5.74, 6) is 0.905. The predicted molar refractivity (Wildman–Crippen MR) is 98.7 cm³/mol. The number of anilines is 1. The summed E-state index contributed by atoms with van der Waals surface area (Å²) in [5, 5.41) is 6.34. The number of aromatic nitrogens is 1. The number of carbonyl (C=O) groups is 1. The predicted octanol–water partition coefficient (Wildman–Crippen LogP) is 1.34. The zero-order valence-electron chi connectivity index (χ0n) is 15.1. The van der Waals surface area contributed by atoms with Crippen molar-refractivity contribution in [3.05, 3.63) is 23.9 Å². The minimum Gasteiger partial charge on any atom is -0.357 e. The molecule has 1 saturated heterocycles. The summed E-state index contributed by atoms with van der Waals surface area (Å²) in [5.41, 5.74) is 0.633. The average molecular weight is 333 g/mol. The van der Waals surface area contributed by atoms with Crippen LogP contribution in [0.5, 0.6) is 0 Å². The van der Waals surface area contributed by atoms with E-state index in [2.05, 4.69) is 39.3 Å². The zero-order chi connectivity index (χ0) is 17.2. The Hall–Kier alpha value is -1.66. The van der Waals surface area contributed by atoms with E-state index in [1.807, 2.05) is 12.1 Å². The highest BCUT2D eigenvalue weighted by atomic mass is 16.1. The van der Waals surface area contributed by atoms with E-state index < -0.39 is 0 Å². The van der Waals surface area contributed by atoms with Gasteiger partial charge >= 0.3 is 0 Å². The molecule has 24 heavy (non-hydrogen) atoms. The third-order valence-electron chi connectivity index (χ3n) is 4.36. The lowest BCUT2D eigenvalue weighted by Gasteiger charge is -2.27. The Morgan fingerprint density at radius 2 is 2.12 bits per heavy atom. The third-order valence-corrected chi connectivity index (χ3v) is 4.36. The summed E-state index contributed by atoms with van der Waals surface area (Å²) >= 11 is 0. The van der Waals surface area contributed by atoms with Gasteiger partial charge in [0, 0.05) is 52.0 Å². The molecule has 1 aliphatic rings. The van der Waals surface area contributed by atoms with E-state index in [-0.39, 0.29) is 5.91 Å². The van der Waals surface area contributed by atoms with Gasteiger partial charge in [-0.05, 0) is 38.4 Å². The van der Waals surface area contributed by atoms with E-state index in [1.54, 1.807) is 6.20 Å². The molecule has 6 nitrogen and oxygen atoms in total. The van der Waals surface area contributed by atoms with Crippen molar-refractivity contribution in [1.29, 1.82) is 0 Å². The monoisotopic (exact) mass is 333 g/mol. The van der Waals surface area contributed by atoms with Crippen molar-refractivity contribution in [3.63, 3.8) is 0 Å². The van der Waals surface area contributed by atoms with Crippen molar-refractivity contribution in [1.82, 2.24) is 20.5 Å². The first kappa shape index (κ1) is 18.7. The van der Waals surface area contributed by atoms with Crippen molar-refractivity contribution >= 4 is 11.7 Å². The highest BCUT2D eigenvalue weighted by Crippen LogP contribution is 2.11. The maximum absolute atomic E-state index is 12.2. The van der Waals surface area contributed by atoms with Gasteiger partial charge in [-0.15, -0.1) is 0 Å². The second-order valence-corrected chi connectivity index (χ2v) is 6.19. The first-order chi connectivity index (χ1) is 11.7. The Balaban J connectivity index is 1.73. The number of amides is 1. The van der Waals surface area contributed by atoms with Gasteiger partial charge in [0.1, 0.15) is 5.82 Å². The van der Waals surface area contributed by atoms with Crippen LogP contribution in [-0.4, -0.2) is 68.1 Å². The van der Waals surface area contributed by atoms with Crippen LogP contribution in [0.3, 0.4) is 0 Å². The molecule has 0 spiro atoms. The van der Waals surface area contributed by atoms with Crippen LogP contribution in [0.15, 0.2) is 18.3 Å². The molecule has 1 aliphatic heterocycles. The lowest BCUT2D eigenvalue weighted by molar-refractivity contribution is 0.0951. The van der Waals surface area contributed by atoms with Crippen molar-refractivity contribution in [3.8, 4) is 0 Å². The van der Waals surface area contributed by atoms with Gasteiger partial charge in [0.05, 0.1) is 5.56 Å². The number of rotatable bonds is 9. The minimum absolute atomic E-state index is 0.0344. The summed E-state index contributed by atoms with van der Waals surface area (Å²) in [6, 6.07) is 3.81. The van der Waals surface area contributed by atoms with E-state index in [1.165, 1.54) is 0 Å². The number of carbonyl (C=O) groups excluding carboxylic acids is 1. The standard InChI is InChI=1S/C18H31N5O/c1-3-11-23(4-2)17-7-6-16(15-21-17)18(24)20-8-5-12-22-13-9-19-10-14-22/h6-7,15,19H,3-5,8-14H2,1-2H3,(H,20,24). The molecule has 0 aliphatic carbocycles. The van der Waals surface area contributed by atoms with Crippen LogP contribution < -0.4 is 15.5 Å². The lowest BCUT2D eigenvalue weighted by Crippen LogP contribution is -2.44. The van der Waals surface area contributed by atoms with Gasteiger partial charge in [0.25, 0.3) is 5.91 Å². The van der Waals surface area contributed by atoms with Gasteiger partial charge < -0.3 is 20.4 Å². The molecule has 0 atom stereocenters. The number of piperazine rings is 1. The number of hydrogen-bond acceptors (Lipinski definition) is 5. The number of nitrogens with one attached hydrogen (secondary N) is 2. The van der Waals surface area contributed by atoms with Crippen LogP contribution in [0, 0.1) is 0 Å². The number of nitrogens with zero attached hydrogens (tertiary/aromatic N) is 3. The molecule has 2 heterocycles. The summed E-state index contributed by atoms with van der Waals surface area (Å²) in [6.45, 7) is 12.3. The van der Waals surface area contributed by atoms with E-state index in [0.29, 0.717) is 12.1 Å². The molecule has 1 aromatic rings. The molecule has 2 N–H and O–H groups in total. The highest BCUT2D eigenvalue weighted by molar-refractivity contribution is 5.94. The summed E-state index contributed by atoms with van der Waals surface area (Å²) in [6.07, 6.45) is 3.75. The van der Waals surface area contributed by atoms with Crippen LogP contribution >= 0.6 is 0 Å². The fraction of sp³-hybridized carbons (Fsp3) is 0.667. The normalized spacial score (nSPS) is 15.2. The van der Waals surface area contributed by atoms with Gasteiger partial charge in [-0.3, -0.25) is 4.79 Å². The molecule has 0 radical (unpaired) electrons. The molecule has 2 rings (SSSR count). The topological polar surface area (TPSA) is 60.5 Å². The Kier molecular flexibility index (Phi) is 7.98. The summed E-state index contributed by atoms with van der Waals surface area (Å²) in [7, 11) is 0. The molecule has 0 unspecified atom stereocenters. The molecule has 0 bridgehead atoms. The first-order valence-electron chi connectivity index (χ1n) is 9.16. The van der Waals surface area contributed by atoms with Crippen LogP contribution in [-0.2, 0) is 0 Å². The average Bonchev–Trinajstić information content (AvgIpc) is 2.64. The van der Waals surface area contributed by atoms with E-state index >= 15 is 0 Å². The smallest absolute Gasteiger partial charge is 0.252 e. The molecular weight excluding hydrogens is 302 g/mol. The molecule has 1 amide bonds. The molecule has 1 fully saturated rings. The molecule has 1 aromatic heterocycles. The Bertz CT molecular complexity index is 485. The summed E-state index contributed by atoms with van der Waals surface area (Å²) in [4.78, 5) is 21.3. The van der Waals surface area contributed by atoms with Crippen molar-refractivity contribution < 1.29 is 4.79 Å². The Labute approximate surface area is 145 Å². The number of pyridine rings is 1. The van der Waals surface area contributed by atoms with Crippen molar-refractivity contribution in [2.75, 3.05) is 57.3 Å². The highest BCUT2D eigenvalue weighted by Gasteiger charge is 2.10. The van der Waals surface area contributed by atoms with E-state index in [0.717, 1.165) is 64.5 Å². The van der Waals surface area contributed by atoms with Crippen LogP contribution in [0.1, 0.15) is 37.0 Å². The van der Waals surface area contributed by atoms with Crippen molar-refractivity contribution in [2.24, 2.45) is 0 Å². The van der Waals surface area contributed by atoms with Crippen molar-refractivity contribution in [2.45, 2.75) is 26.7 Å². The maximum Gasteiger partial charge on any atom is 0.252 e. The Morgan fingerprint density at radius 1 is 1.33 bits per heavy atom. The second-order valence-electron chi connectivity index (χ2n) is 6.19. The largest absolute Gasteiger partial charge is 0.357 e. The van der Waals surface area contributed by atoms with Gasteiger partial charge in [-0.2, -0.15) is 0 Å². The fourth-order valence-electron chi connectivity index (χ4n) is 2.95. The van der Waals surface area contributed by atoms with Gasteiger partial charge in [0.2, 0.25) is 0 Å². The van der Waals surface area contributed by atoms with Crippen LogP contribution in [0.2, 0.25) is 0 Å². The minimum atomic E-state index is -0.0344. The molecular formula is C18H31N5O. The second kappa shape index (κ2) is 10.3. The SMILES string of the molecule is CCCN(CC)c1ccc(C(=O)NCCCN2CCNCC2)cn1. The molecule has 0 aromatic carbocycles. The molecule has 6 heteroatoms. The fourth-order valence-corrected chi connectivity index (χ4v) is 2.95. The number of hydrogen-bond donors (Lipinski definition) is 2. The molecule has 0 saturated carbocycles. The zero-order valence-corrected chi connectivity index (χ0v) is 15.1. The molecule has 134 valence electrons. The maximum atomic E-state index is 12.2. The summed E-state index contributed by atoms with van der Waals surface area (Å²) < 4.78 is 0. The van der Waals surface area contributed by atoms with Gasteiger partial charge in [-0.1, -0.05) is 6.92 Å². The van der Waals surface area contributed by atoms with Gasteiger partial charge in [-0.25, -0.2) is 4.98 Å². The quantitative estimate of drug-likeness (QED) is 0.668. The first-order valence-corrected chi connectivity index (χ1v) is 9.16. The van der Waals surface area contributed by atoms with E-state index in [4.69, 9.17) is 0 Å². The Morgan fingerprint density at radius 3 is 2.75 bits per heavy atom. The van der Waals surface area contributed by atoms with Crippen LogP contribution in [0.4, 0.5) is 5.82 Å². The van der Waals surface area contributed by atoms with Crippen LogP contribution in [0.25, 0.3) is 0 Å². The third kappa shape index (κ3) is 5.76.